The Labute approximate surface area is 137 Å². The van der Waals surface area contributed by atoms with Gasteiger partial charge in [-0.15, -0.1) is 0 Å². The normalized spacial score (nSPS) is 12.4. The van der Waals surface area contributed by atoms with Crippen LogP contribution in [0.15, 0.2) is 29.2 Å². The highest BCUT2D eigenvalue weighted by molar-refractivity contribution is 8.00. The highest BCUT2D eigenvalue weighted by Gasteiger charge is 2.29. The monoisotopic (exact) mass is 370 g/mol. The molecule has 1 amide bonds. The first-order chi connectivity index (χ1) is 10.5. The van der Waals surface area contributed by atoms with Crippen molar-refractivity contribution < 1.29 is 26.4 Å². The fourth-order valence-corrected chi connectivity index (χ4v) is 2.58. The Bertz CT molecular complexity index is 631. The molecular weight excluding hydrogens is 353 g/mol. The Kier molecular flexibility index (Phi) is 6.90. The number of rotatable bonds is 7. The molecule has 10 heteroatoms. The van der Waals surface area contributed by atoms with Crippen LogP contribution < -0.4 is 5.32 Å². The number of carbonyl (C=O) groups excluding carboxylic acids is 1. The van der Waals surface area contributed by atoms with E-state index in [0.717, 1.165) is 6.26 Å². The van der Waals surface area contributed by atoms with Crippen LogP contribution >= 0.6 is 11.8 Å². The lowest BCUT2D eigenvalue weighted by Gasteiger charge is -2.13. The van der Waals surface area contributed by atoms with E-state index in [1.807, 2.05) is 0 Å². The van der Waals surface area contributed by atoms with Crippen LogP contribution in [0.4, 0.5) is 13.2 Å². The van der Waals surface area contributed by atoms with Crippen molar-refractivity contribution in [3.05, 3.63) is 29.8 Å². The minimum absolute atomic E-state index is 0.00354. The van der Waals surface area contributed by atoms with Crippen molar-refractivity contribution in [2.75, 3.05) is 26.4 Å². The third-order valence-corrected chi connectivity index (χ3v) is 4.91. The average Bonchev–Trinajstić information content (AvgIpc) is 2.41. The predicted molar refractivity (Wildman–Crippen MR) is 82.8 cm³/mol. The van der Waals surface area contributed by atoms with Crippen LogP contribution in [0.5, 0.6) is 0 Å². The Balaban J connectivity index is 2.44. The molecule has 0 aliphatic heterocycles. The molecule has 0 radical (unpaired) electrons. The standard InChI is InChI=1S/C13H17F3N2O3S2/c1-18(23(2,20)21)9-3-8-17-12(19)10-4-6-11(7-5-10)22-13(14,15)16/h4-7H,3,8-9H2,1-2H3,(H,17,19). The molecule has 0 heterocycles. The fourth-order valence-electron chi connectivity index (χ4n) is 1.58. The van der Waals surface area contributed by atoms with E-state index in [0.29, 0.717) is 6.42 Å². The summed E-state index contributed by atoms with van der Waals surface area (Å²) >= 11 is -0.246. The topological polar surface area (TPSA) is 66.5 Å². The first-order valence-corrected chi connectivity index (χ1v) is 9.21. The summed E-state index contributed by atoms with van der Waals surface area (Å²) in [7, 11) is -1.81. The van der Waals surface area contributed by atoms with Gasteiger partial charge in [0.25, 0.3) is 5.91 Å². The molecule has 0 bridgehead atoms. The third-order valence-electron chi connectivity index (χ3n) is 2.85. The molecule has 130 valence electrons. The number of benzene rings is 1. The molecule has 0 aliphatic carbocycles. The van der Waals surface area contributed by atoms with Crippen molar-refractivity contribution in [2.24, 2.45) is 0 Å². The maximum Gasteiger partial charge on any atom is 0.446 e. The van der Waals surface area contributed by atoms with Crippen molar-refractivity contribution in [3.8, 4) is 0 Å². The summed E-state index contributed by atoms with van der Waals surface area (Å²) in [6.45, 7) is 0.526. The molecule has 1 N–H and O–H groups in total. The Morgan fingerprint density at radius 1 is 1.26 bits per heavy atom. The minimum atomic E-state index is -4.37. The maximum atomic E-state index is 12.2. The van der Waals surface area contributed by atoms with Gasteiger partial charge in [0.05, 0.1) is 6.26 Å². The number of carbonyl (C=O) groups is 1. The van der Waals surface area contributed by atoms with Crippen LogP contribution in [0.1, 0.15) is 16.8 Å². The molecule has 0 unspecified atom stereocenters. The van der Waals surface area contributed by atoms with Crippen molar-refractivity contribution in [3.63, 3.8) is 0 Å². The van der Waals surface area contributed by atoms with E-state index in [9.17, 15) is 26.4 Å². The molecule has 5 nitrogen and oxygen atoms in total. The first kappa shape index (κ1) is 19.8. The van der Waals surface area contributed by atoms with Crippen LogP contribution in [-0.4, -0.2) is 50.5 Å². The molecule has 0 fully saturated rings. The Morgan fingerprint density at radius 3 is 2.30 bits per heavy atom. The Hall–Kier alpha value is -1.26. The van der Waals surface area contributed by atoms with Gasteiger partial charge in [0, 0.05) is 30.6 Å². The molecular formula is C13H17F3N2O3S2. The summed E-state index contributed by atoms with van der Waals surface area (Å²) in [5.74, 6) is -0.421. The van der Waals surface area contributed by atoms with E-state index < -0.39 is 21.4 Å². The van der Waals surface area contributed by atoms with E-state index >= 15 is 0 Å². The van der Waals surface area contributed by atoms with Crippen LogP contribution in [0, 0.1) is 0 Å². The lowest BCUT2D eigenvalue weighted by Crippen LogP contribution is -2.30. The van der Waals surface area contributed by atoms with Crippen LogP contribution in [-0.2, 0) is 10.0 Å². The molecule has 1 rings (SSSR count). The number of nitrogens with one attached hydrogen (secondary N) is 1. The average molecular weight is 370 g/mol. The lowest BCUT2D eigenvalue weighted by molar-refractivity contribution is -0.0328. The van der Waals surface area contributed by atoms with Gasteiger partial charge in [-0.05, 0) is 42.4 Å². The van der Waals surface area contributed by atoms with E-state index in [1.165, 1.54) is 35.6 Å². The second-order valence-electron chi connectivity index (χ2n) is 4.77. The second kappa shape index (κ2) is 8.02. The number of alkyl halides is 3. The minimum Gasteiger partial charge on any atom is -0.352 e. The molecule has 0 saturated carbocycles. The highest BCUT2D eigenvalue weighted by Crippen LogP contribution is 2.36. The summed E-state index contributed by atoms with van der Waals surface area (Å²) in [5, 5.41) is 2.58. The van der Waals surface area contributed by atoms with Gasteiger partial charge in [0.15, 0.2) is 0 Å². The zero-order valence-electron chi connectivity index (χ0n) is 12.6. The predicted octanol–water partition coefficient (Wildman–Crippen LogP) is 2.31. The van der Waals surface area contributed by atoms with Gasteiger partial charge in [-0.2, -0.15) is 13.2 Å². The van der Waals surface area contributed by atoms with Gasteiger partial charge >= 0.3 is 5.51 Å². The quantitative estimate of drug-likeness (QED) is 0.591. The van der Waals surface area contributed by atoms with E-state index in [1.54, 1.807) is 0 Å². The summed E-state index contributed by atoms with van der Waals surface area (Å²) in [6.07, 6.45) is 1.52. The van der Waals surface area contributed by atoms with Crippen LogP contribution in [0.2, 0.25) is 0 Å². The van der Waals surface area contributed by atoms with Crippen molar-refractivity contribution in [1.82, 2.24) is 9.62 Å². The van der Waals surface area contributed by atoms with Crippen LogP contribution in [0.3, 0.4) is 0 Å². The largest absolute Gasteiger partial charge is 0.446 e. The molecule has 23 heavy (non-hydrogen) atoms. The van der Waals surface area contributed by atoms with Gasteiger partial charge in [-0.1, -0.05) is 0 Å². The van der Waals surface area contributed by atoms with E-state index in [-0.39, 0.29) is 35.3 Å². The zero-order valence-corrected chi connectivity index (χ0v) is 14.2. The zero-order chi connectivity index (χ0) is 17.7. The van der Waals surface area contributed by atoms with Crippen molar-refractivity contribution >= 4 is 27.7 Å². The Morgan fingerprint density at radius 2 is 1.83 bits per heavy atom. The van der Waals surface area contributed by atoms with Gasteiger partial charge in [-0.3, -0.25) is 4.79 Å². The van der Waals surface area contributed by atoms with Gasteiger partial charge < -0.3 is 5.32 Å². The van der Waals surface area contributed by atoms with E-state index in [2.05, 4.69) is 5.32 Å². The maximum absolute atomic E-state index is 12.2. The van der Waals surface area contributed by atoms with Gasteiger partial charge in [0.2, 0.25) is 10.0 Å². The first-order valence-electron chi connectivity index (χ1n) is 6.54. The smallest absolute Gasteiger partial charge is 0.352 e. The number of hydrogen-bond donors (Lipinski definition) is 1. The van der Waals surface area contributed by atoms with Crippen molar-refractivity contribution in [2.45, 2.75) is 16.8 Å². The molecule has 0 saturated heterocycles. The number of nitrogens with zero attached hydrogens (tertiary/aromatic N) is 1. The number of hydrogen-bond acceptors (Lipinski definition) is 4. The van der Waals surface area contributed by atoms with Crippen molar-refractivity contribution in [1.29, 1.82) is 0 Å². The third kappa shape index (κ3) is 7.71. The molecule has 1 aromatic rings. The van der Waals surface area contributed by atoms with Gasteiger partial charge in [0.1, 0.15) is 0 Å². The molecule has 0 aliphatic rings. The van der Waals surface area contributed by atoms with Crippen LogP contribution in [0.25, 0.3) is 0 Å². The number of amides is 1. The summed E-state index contributed by atoms with van der Waals surface area (Å²) in [6, 6.07) is 5.08. The number of halogens is 3. The SMILES string of the molecule is CN(CCCNC(=O)c1ccc(SC(F)(F)F)cc1)S(C)(=O)=O. The molecule has 0 aromatic heterocycles. The molecule has 1 aromatic carbocycles. The molecule has 0 atom stereocenters. The summed E-state index contributed by atoms with van der Waals surface area (Å²) in [4.78, 5) is 11.8. The van der Waals surface area contributed by atoms with Gasteiger partial charge in [-0.25, -0.2) is 12.7 Å². The van der Waals surface area contributed by atoms with E-state index in [4.69, 9.17) is 0 Å². The highest BCUT2D eigenvalue weighted by atomic mass is 32.2. The fraction of sp³-hybridized carbons (Fsp3) is 0.462. The number of thioether (sulfide) groups is 1. The lowest BCUT2D eigenvalue weighted by atomic mass is 10.2. The summed E-state index contributed by atoms with van der Waals surface area (Å²) in [5.41, 5.74) is -4.12. The number of sulfonamides is 1. The second-order valence-corrected chi connectivity index (χ2v) is 7.99. The molecule has 0 spiro atoms. The summed E-state index contributed by atoms with van der Waals surface area (Å²) < 4.78 is 60.1.